The Bertz CT molecular complexity index is 293. The Balaban J connectivity index is 2.23. The van der Waals surface area contributed by atoms with Crippen LogP contribution in [0.3, 0.4) is 0 Å². The summed E-state index contributed by atoms with van der Waals surface area (Å²) in [6.45, 7) is 0.967. The molecule has 1 unspecified atom stereocenters. The number of nitrogens with zero attached hydrogens (tertiary/aromatic N) is 1. The molecule has 1 aliphatic rings. The second-order valence-corrected chi connectivity index (χ2v) is 3.87. The van der Waals surface area contributed by atoms with Crippen LogP contribution >= 0.6 is 11.5 Å². The molecule has 1 aromatic rings. The normalized spacial score (nSPS) is 27.8. The molecule has 0 bridgehead atoms. The zero-order chi connectivity index (χ0) is 9.31. The lowest BCUT2D eigenvalue weighted by Gasteiger charge is -2.16. The number of aliphatic hydroxyl groups is 1. The van der Waals surface area contributed by atoms with E-state index in [1.165, 1.54) is 11.5 Å². The Labute approximate surface area is 80.3 Å². The summed E-state index contributed by atoms with van der Waals surface area (Å²) in [5, 5.41) is 10.1. The van der Waals surface area contributed by atoms with Gasteiger partial charge in [0.15, 0.2) is 0 Å². The van der Waals surface area contributed by atoms with Gasteiger partial charge in [0.25, 0.3) is 0 Å². The molecular weight excluding hydrogens is 190 g/mol. The molecule has 0 radical (unpaired) electrons. The summed E-state index contributed by atoms with van der Waals surface area (Å²) in [6.07, 6.45) is 0.637. The fourth-order valence-corrected chi connectivity index (χ4v) is 2.12. The molecule has 1 saturated heterocycles. The van der Waals surface area contributed by atoms with Crippen molar-refractivity contribution >= 4 is 11.5 Å². The molecule has 1 aliphatic heterocycles. The fraction of sp³-hybridized carbons (Fsp3) is 0.625. The van der Waals surface area contributed by atoms with Crippen LogP contribution in [0.1, 0.15) is 11.3 Å². The molecule has 1 fully saturated rings. The van der Waals surface area contributed by atoms with E-state index in [9.17, 15) is 5.11 Å². The van der Waals surface area contributed by atoms with Gasteiger partial charge in [-0.15, -0.1) is 0 Å². The summed E-state index contributed by atoms with van der Waals surface area (Å²) < 4.78 is 14.1. The van der Waals surface area contributed by atoms with Crippen LogP contribution in [0.15, 0.2) is 6.07 Å². The monoisotopic (exact) mass is 201 g/mol. The van der Waals surface area contributed by atoms with E-state index < -0.39 is 5.60 Å². The third-order valence-electron chi connectivity index (χ3n) is 2.16. The van der Waals surface area contributed by atoms with Gasteiger partial charge in [0.1, 0.15) is 5.60 Å². The predicted octanol–water partition coefficient (Wildman–Crippen LogP) is 0.760. The van der Waals surface area contributed by atoms with Gasteiger partial charge in [-0.1, -0.05) is 0 Å². The summed E-state index contributed by atoms with van der Waals surface area (Å²) in [5.41, 5.74) is -0.839. The largest absolute Gasteiger partial charge is 0.480 e. The van der Waals surface area contributed by atoms with Gasteiger partial charge in [-0.3, -0.25) is 0 Å². The topological polar surface area (TPSA) is 51.6 Å². The number of aromatic nitrogens is 1. The SMILES string of the molecule is COc1cc(C2(O)CCOC2)sn1. The van der Waals surface area contributed by atoms with E-state index in [-0.39, 0.29) is 0 Å². The minimum Gasteiger partial charge on any atom is -0.480 e. The molecule has 5 heteroatoms. The van der Waals surface area contributed by atoms with Crippen molar-refractivity contribution in [3.63, 3.8) is 0 Å². The molecule has 0 spiro atoms. The van der Waals surface area contributed by atoms with Crippen molar-refractivity contribution in [2.75, 3.05) is 20.3 Å². The van der Waals surface area contributed by atoms with E-state index in [2.05, 4.69) is 4.37 Å². The zero-order valence-electron chi connectivity index (χ0n) is 7.32. The van der Waals surface area contributed by atoms with Gasteiger partial charge in [0.2, 0.25) is 5.88 Å². The molecular formula is C8H11NO3S. The summed E-state index contributed by atoms with van der Waals surface area (Å²) in [6, 6.07) is 1.76. The molecule has 0 amide bonds. The van der Waals surface area contributed by atoms with Crippen molar-refractivity contribution in [1.29, 1.82) is 0 Å². The lowest BCUT2D eigenvalue weighted by molar-refractivity contribution is 0.0263. The third-order valence-corrected chi connectivity index (χ3v) is 3.12. The van der Waals surface area contributed by atoms with Crippen LogP contribution in [0.5, 0.6) is 5.88 Å². The van der Waals surface area contributed by atoms with Crippen molar-refractivity contribution in [3.05, 3.63) is 10.9 Å². The van der Waals surface area contributed by atoms with Gasteiger partial charge in [0, 0.05) is 19.1 Å². The van der Waals surface area contributed by atoms with Crippen LogP contribution < -0.4 is 4.74 Å². The van der Waals surface area contributed by atoms with Crippen LogP contribution in [0.25, 0.3) is 0 Å². The number of hydrogen-bond donors (Lipinski definition) is 1. The van der Waals surface area contributed by atoms with Crippen LogP contribution in [-0.4, -0.2) is 29.8 Å². The van der Waals surface area contributed by atoms with Crippen LogP contribution in [0, 0.1) is 0 Å². The quantitative estimate of drug-likeness (QED) is 0.767. The first-order valence-electron chi connectivity index (χ1n) is 4.06. The molecule has 72 valence electrons. The predicted molar refractivity (Wildman–Crippen MR) is 48.0 cm³/mol. The average molecular weight is 201 g/mol. The first-order chi connectivity index (χ1) is 6.24. The van der Waals surface area contributed by atoms with Gasteiger partial charge in [-0.05, 0) is 11.5 Å². The first-order valence-corrected chi connectivity index (χ1v) is 4.83. The highest BCUT2D eigenvalue weighted by atomic mass is 32.1. The summed E-state index contributed by atoms with van der Waals surface area (Å²) in [4.78, 5) is 0.821. The smallest absolute Gasteiger partial charge is 0.225 e. The highest BCUT2D eigenvalue weighted by Gasteiger charge is 2.36. The minimum atomic E-state index is -0.839. The molecule has 0 saturated carbocycles. The second kappa shape index (κ2) is 3.25. The Kier molecular flexibility index (Phi) is 2.23. The van der Waals surface area contributed by atoms with Crippen LogP contribution in [0.2, 0.25) is 0 Å². The van der Waals surface area contributed by atoms with Gasteiger partial charge < -0.3 is 14.6 Å². The number of hydrogen-bond acceptors (Lipinski definition) is 5. The van der Waals surface area contributed by atoms with Crippen molar-refractivity contribution in [2.45, 2.75) is 12.0 Å². The fourth-order valence-electron chi connectivity index (χ4n) is 1.32. The Morgan fingerprint density at radius 2 is 2.62 bits per heavy atom. The van der Waals surface area contributed by atoms with E-state index >= 15 is 0 Å². The highest BCUT2D eigenvalue weighted by molar-refractivity contribution is 7.06. The lowest BCUT2D eigenvalue weighted by Crippen LogP contribution is -2.23. The number of ether oxygens (including phenoxy) is 2. The second-order valence-electron chi connectivity index (χ2n) is 3.07. The molecule has 13 heavy (non-hydrogen) atoms. The minimum absolute atomic E-state index is 0.359. The molecule has 1 N–H and O–H groups in total. The van der Waals surface area contributed by atoms with Crippen LogP contribution in [-0.2, 0) is 10.3 Å². The van der Waals surface area contributed by atoms with E-state index in [1.807, 2.05) is 0 Å². The van der Waals surface area contributed by atoms with Gasteiger partial charge in [0.05, 0.1) is 18.6 Å². The highest BCUT2D eigenvalue weighted by Crippen LogP contribution is 2.34. The van der Waals surface area contributed by atoms with E-state index in [0.29, 0.717) is 25.5 Å². The van der Waals surface area contributed by atoms with Crippen molar-refractivity contribution in [2.24, 2.45) is 0 Å². The average Bonchev–Trinajstić information content (AvgIpc) is 2.72. The first kappa shape index (κ1) is 8.93. The summed E-state index contributed by atoms with van der Waals surface area (Å²) in [7, 11) is 1.56. The van der Waals surface area contributed by atoms with Gasteiger partial charge in [-0.2, -0.15) is 4.37 Å². The van der Waals surface area contributed by atoms with E-state index in [0.717, 1.165) is 4.88 Å². The maximum Gasteiger partial charge on any atom is 0.225 e. The van der Waals surface area contributed by atoms with Gasteiger partial charge >= 0.3 is 0 Å². The molecule has 0 aliphatic carbocycles. The van der Waals surface area contributed by atoms with Gasteiger partial charge in [-0.25, -0.2) is 0 Å². The Hall–Kier alpha value is -0.650. The van der Waals surface area contributed by atoms with Crippen molar-refractivity contribution in [1.82, 2.24) is 4.37 Å². The maximum atomic E-state index is 10.1. The maximum absolute atomic E-state index is 10.1. The molecule has 0 aromatic carbocycles. The van der Waals surface area contributed by atoms with Crippen molar-refractivity contribution < 1.29 is 14.6 Å². The Morgan fingerprint density at radius 1 is 1.77 bits per heavy atom. The molecule has 1 aromatic heterocycles. The molecule has 2 heterocycles. The number of methoxy groups -OCH3 is 1. The van der Waals surface area contributed by atoms with E-state index in [1.54, 1.807) is 13.2 Å². The van der Waals surface area contributed by atoms with Crippen LogP contribution in [0.4, 0.5) is 0 Å². The third kappa shape index (κ3) is 1.54. The lowest BCUT2D eigenvalue weighted by atomic mass is 10.0. The summed E-state index contributed by atoms with van der Waals surface area (Å²) >= 11 is 1.27. The summed E-state index contributed by atoms with van der Waals surface area (Å²) in [5.74, 6) is 0.556. The zero-order valence-corrected chi connectivity index (χ0v) is 8.13. The standard InChI is InChI=1S/C8H11NO3S/c1-11-7-4-6(13-9-7)8(10)2-3-12-5-8/h4,10H,2-3,5H2,1H3. The van der Waals surface area contributed by atoms with Crippen molar-refractivity contribution in [3.8, 4) is 5.88 Å². The molecule has 4 nitrogen and oxygen atoms in total. The number of rotatable bonds is 2. The molecule has 1 atom stereocenters. The Morgan fingerprint density at radius 3 is 3.15 bits per heavy atom. The molecule has 2 rings (SSSR count). The van der Waals surface area contributed by atoms with E-state index in [4.69, 9.17) is 9.47 Å².